The molecular formula is C40H39ClN4O5. The van der Waals surface area contributed by atoms with Crippen LogP contribution in [0.5, 0.6) is 0 Å². The molecule has 0 spiro atoms. The van der Waals surface area contributed by atoms with Crippen molar-refractivity contribution < 1.29 is 23.7 Å². The van der Waals surface area contributed by atoms with E-state index in [4.69, 9.17) is 14.2 Å². The van der Waals surface area contributed by atoms with E-state index in [1.165, 1.54) is 36.7 Å². The summed E-state index contributed by atoms with van der Waals surface area (Å²) in [5.41, 5.74) is 4.83. The third-order valence-corrected chi connectivity index (χ3v) is 8.42. The predicted molar refractivity (Wildman–Crippen MR) is 194 cm³/mol. The number of likely N-dealkylation sites (tertiary alicyclic amines) is 1. The minimum Gasteiger partial charge on any atom is -0.476 e. The maximum absolute atomic E-state index is 12.5. The molecule has 2 saturated heterocycles. The number of carbonyl (C=O) groups excluding carboxylic acids is 1. The Morgan fingerprint density at radius 2 is 1.06 bits per heavy atom. The molecule has 2 aliphatic rings. The fourth-order valence-electron chi connectivity index (χ4n) is 5.64. The molecule has 1 amide bonds. The Labute approximate surface area is 297 Å². The number of amides is 1. The summed E-state index contributed by atoms with van der Waals surface area (Å²) in [6.07, 6.45) is 2.26. The van der Waals surface area contributed by atoms with Crippen LogP contribution < -0.4 is 5.32 Å². The minimum absolute atomic E-state index is 0. The van der Waals surface area contributed by atoms with Crippen LogP contribution in [0.4, 0.5) is 0 Å². The minimum atomic E-state index is -1.09. The lowest BCUT2D eigenvalue weighted by Crippen LogP contribution is -2.50. The predicted octanol–water partition coefficient (Wildman–Crippen LogP) is 7.57. The molecule has 0 aliphatic carbocycles. The highest BCUT2D eigenvalue weighted by Gasteiger charge is 2.32. The molecule has 2 aromatic heterocycles. The van der Waals surface area contributed by atoms with E-state index in [1.807, 2.05) is 71.6 Å². The highest BCUT2D eigenvalue weighted by Crippen LogP contribution is 2.25. The first-order valence-electron chi connectivity index (χ1n) is 16.4. The maximum Gasteiger partial charge on any atom is 0.358 e. The van der Waals surface area contributed by atoms with E-state index >= 15 is 0 Å². The molecule has 2 aliphatic heterocycles. The Morgan fingerprint density at radius 3 is 1.48 bits per heavy atom. The lowest BCUT2D eigenvalue weighted by molar-refractivity contribution is 0.0490. The Bertz CT molecular complexity index is 1910. The molecule has 0 bridgehead atoms. The van der Waals surface area contributed by atoms with Crippen LogP contribution in [0.2, 0.25) is 0 Å². The van der Waals surface area contributed by atoms with Crippen molar-refractivity contribution >= 4 is 24.3 Å². The van der Waals surface area contributed by atoms with E-state index in [1.54, 1.807) is 6.07 Å². The second-order valence-corrected chi connectivity index (χ2v) is 12.2. The molecule has 256 valence electrons. The maximum atomic E-state index is 12.5. The SMILES string of the molecule is Cl.O=C(O)c1cc(-c2ccccc2)on1.O=C(c1cc(-c2ccccc2)on1)N1CC(Cc2ccccc2)C1.c1ccc(CC2CNC2)cc1. The van der Waals surface area contributed by atoms with Crippen molar-refractivity contribution in [1.29, 1.82) is 0 Å². The molecule has 4 heterocycles. The van der Waals surface area contributed by atoms with Crippen LogP contribution in [-0.4, -0.2) is 58.4 Å². The van der Waals surface area contributed by atoms with Gasteiger partial charge in [-0.3, -0.25) is 4.79 Å². The largest absolute Gasteiger partial charge is 0.476 e. The normalized spacial score (nSPS) is 13.6. The van der Waals surface area contributed by atoms with E-state index < -0.39 is 5.97 Å². The van der Waals surface area contributed by atoms with Crippen molar-refractivity contribution in [3.05, 3.63) is 156 Å². The molecule has 0 saturated carbocycles. The second-order valence-electron chi connectivity index (χ2n) is 12.2. The standard InChI is InChI=1S/C20H18N2O2.C10H7NO3.C10H13N.ClH/c23-20(18-12-19(24-21-18)17-9-5-2-6-10-17)22-13-16(14-22)11-15-7-3-1-4-8-15;12-10(13)8-6-9(14-11-8)7-4-2-1-3-5-7;1-2-4-9(5-3-1)6-10-7-11-8-10;/h1-10,12,16H,11,13-14H2;1-6H,(H,12,13);1-5,10-11H,6-8H2;1H. The molecule has 50 heavy (non-hydrogen) atoms. The second kappa shape index (κ2) is 17.8. The molecule has 0 unspecified atom stereocenters. The molecule has 2 fully saturated rings. The Balaban J connectivity index is 0.000000159. The first-order valence-corrected chi connectivity index (χ1v) is 16.4. The lowest BCUT2D eigenvalue weighted by atomic mass is 9.92. The summed E-state index contributed by atoms with van der Waals surface area (Å²) >= 11 is 0. The molecule has 6 aromatic rings. The van der Waals surface area contributed by atoms with Gasteiger partial charge in [0.25, 0.3) is 5.91 Å². The smallest absolute Gasteiger partial charge is 0.358 e. The Kier molecular flexibility index (Phi) is 12.7. The van der Waals surface area contributed by atoms with Crippen LogP contribution in [0.15, 0.2) is 143 Å². The van der Waals surface area contributed by atoms with Gasteiger partial charge in [-0.1, -0.05) is 132 Å². The number of hydrogen-bond acceptors (Lipinski definition) is 7. The van der Waals surface area contributed by atoms with E-state index in [-0.39, 0.29) is 24.0 Å². The van der Waals surface area contributed by atoms with Gasteiger partial charge in [0.05, 0.1) is 0 Å². The average Bonchev–Trinajstić information content (AvgIpc) is 3.82. The van der Waals surface area contributed by atoms with E-state index in [9.17, 15) is 9.59 Å². The summed E-state index contributed by atoms with van der Waals surface area (Å²) in [4.78, 5) is 24.8. The lowest BCUT2D eigenvalue weighted by Gasteiger charge is -2.38. The summed E-state index contributed by atoms with van der Waals surface area (Å²) in [5, 5.41) is 19.3. The van der Waals surface area contributed by atoms with Crippen LogP contribution in [-0.2, 0) is 12.8 Å². The van der Waals surface area contributed by atoms with Crippen LogP contribution >= 0.6 is 12.4 Å². The third-order valence-electron chi connectivity index (χ3n) is 8.42. The number of hydrogen-bond donors (Lipinski definition) is 2. The van der Waals surface area contributed by atoms with Gasteiger partial charge in [0.1, 0.15) is 0 Å². The Hall–Kier alpha value is -5.51. The van der Waals surface area contributed by atoms with Crippen LogP contribution in [0.1, 0.15) is 32.1 Å². The summed E-state index contributed by atoms with van der Waals surface area (Å²) in [5.74, 6) is 1.36. The highest BCUT2D eigenvalue weighted by atomic mass is 35.5. The quantitative estimate of drug-likeness (QED) is 0.168. The highest BCUT2D eigenvalue weighted by molar-refractivity contribution is 5.93. The number of carboxylic acid groups (broad SMARTS) is 1. The molecule has 8 rings (SSSR count). The number of nitrogens with zero attached hydrogens (tertiary/aromatic N) is 3. The number of carbonyl (C=O) groups is 2. The van der Waals surface area contributed by atoms with Crippen molar-refractivity contribution in [3.63, 3.8) is 0 Å². The number of benzene rings is 4. The van der Waals surface area contributed by atoms with Crippen molar-refractivity contribution in [3.8, 4) is 22.6 Å². The number of carboxylic acids is 1. The fraction of sp³-hybridized carbons (Fsp3) is 0.200. The number of aromatic nitrogens is 2. The van der Waals surface area contributed by atoms with Crippen LogP contribution in [0, 0.1) is 11.8 Å². The number of aromatic carboxylic acids is 1. The van der Waals surface area contributed by atoms with Crippen molar-refractivity contribution in [2.24, 2.45) is 11.8 Å². The summed E-state index contributed by atoms with van der Waals surface area (Å²) in [6, 6.07) is 43.1. The van der Waals surface area contributed by atoms with Crippen molar-refractivity contribution in [2.45, 2.75) is 12.8 Å². The Morgan fingerprint density at radius 1 is 0.640 bits per heavy atom. The molecule has 2 N–H and O–H groups in total. The van der Waals surface area contributed by atoms with E-state index in [2.05, 4.69) is 70.2 Å². The van der Waals surface area contributed by atoms with Gasteiger partial charge in [-0.25, -0.2) is 4.79 Å². The average molecular weight is 691 g/mol. The molecule has 10 heteroatoms. The molecule has 4 aromatic carbocycles. The van der Waals surface area contributed by atoms with Gasteiger partial charge in [-0.2, -0.15) is 0 Å². The molecule has 0 radical (unpaired) electrons. The number of rotatable bonds is 8. The van der Waals surface area contributed by atoms with Crippen molar-refractivity contribution in [1.82, 2.24) is 20.5 Å². The van der Waals surface area contributed by atoms with E-state index in [0.717, 1.165) is 36.6 Å². The summed E-state index contributed by atoms with van der Waals surface area (Å²) in [7, 11) is 0. The zero-order valence-corrected chi connectivity index (χ0v) is 28.2. The van der Waals surface area contributed by atoms with Gasteiger partial charge in [0, 0.05) is 36.3 Å². The van der Waals surface area contributed by atoms with E-state index in [0.29, 0.717) is 23.1 Å². The first-order chi connectivity index (χ1) is 24.0. The zero-order valence-electron chi connectivity index (χ0n) is 27.4. The van der Waals surface area contributed by atoms with Gasteiger partial charge < -0.3 is 24.4 Å². The van der Waals surface area contributed by atoms with Crippen LogP contribution in [0.3, 0.4) is 0 Å². The first kappa shape index (κ1) is 35.8. The summed E-state index contributed by atoms with van der Waals surface area (Å²) in [6.45, 7) is 3.96. The van der Waals surface area contributed by atoms with Gasteiger partial charge in [-0.05, 0) is 48.9 Å². The van der Waals surface area contributed by atoms with Gasteiger partial charge in [-0.15, -0.1) is 12.4 Å². The fourth-order valence-corrected chi connectivity index (χ4v) is 5.64. The monoisotopic (exact) mass is 690 g/mol. The zero-order chi connectivity index (χ0) is 33.8. The third kappa shape index (κ3) is 9.78. The van der Waals surface area contributed by atoms with Gasteiger partial charge in [0.15, 0.2) is 22.9 Å². The molecular weight excluding hydrogens is 652 g/mol. The van der Waals surface area contributed by atoms with Gasteiger partial charge in [0.2, 0.25) is 0 Å². The number of nitrogens with one attached hydrogen (secondary N) is 1. The topological polar surface area (TPSA) is 122 Å². The number of halogens is 1. The van der Waals surface area contributed by atoms with Crippen LogP contribution in [0.25, 0.3) is 22.6 Å². The summed E-state index contributed by atoms with van der Waals surface area (Å²) < 4.78 is 10.2. The van der Waals surface area contributed by atoms with Gasteiger partial charge >= 0.3 is 5.97 Å². The van der Waals surface area contributed by atoms with Crippen molar-refractivity contribution in [2.75, 3.05) is 26.2 Å². The molecule has 9 nitrogen and oxygen atoms in total. The molecule has 0 atom stereocenters.